The maximum absolute atomic E-state index is 9.92. The molecule has 1 heterocycles. The minimum atomic E-state index is 0.284. The lowest BCUT2D eigenvalue weighted by atomic mass is 10.1. The van der Waals surface area contributed by atoms with E-state index in [4.69, 9.17) is 0 Å². The highest BCUT2D eigenvalue weighted by Gasteiger charge is 2.16. The summed E-state index contributed by atoms with van der Waals surface area (Å²) in [5.41, 5.74) is 4.22. The predicted octanol–water partition coefficient (Wildman–Crippen LogP) is 3.25. The van der Waals surface area contributed by atoms with Gasteiger partial charge in [0.05, 0.1) is 18.8 Å². The summed E-state index contributed by atoms with van der Waals surface area (Å²) in [6.07, 6.45) is 0. The van der Waals surface area contributed by atoms with Gasteiger partial charge < -0.3 is 10.0 Å². The van der Waals surface area contributed by atoms with E-state index >= 15 is 0 Å². The quantitative estimate of drug-likeness (QED) is 0.885. The van der Waals surface area contributed by atoms with E-state index in [1.54, 1.807) is 6.07 Å². The fourth-order valence-corrected chi connectivity index (χ4v) is 2.86. The average Bonchev–Trinajstić information content (AvgIpc) is 2.57. The standard InChI is InChI=1S/C19H23N3O/c1-15-7-9-17(10-8-15)21-11-13-22(14-12-21)20-16(2)18-5-3-4-6-19(18)23/h3-10,23H,11-14H2,1-2H3. The molecule has 0 aromatic heterocycles. The molecule has 120 valence electrons. The Morgan fingerprint density at radius 3 is 2.26 bits per heavy atom. The molecule has 4 heteroatoms. The number of anilines is 1. The van der Waals surface area contributed by atoms with E-state index in [0.717, 1.165) is 37.5 Å². The Morgan fingerprint density at radius 1 is 0.957 bits per heavy atom. The summed E-state index contributed by atoms with van der Waals surface area (Å²) in [5.74, 6) is 0.284. The molecule has 1 aliphatic rings. The van der Waals surface area contributed by atoms with Crippen molar-refractivity contribution in [1.82, 2.24) is 5.01 Å². The van der Waals surface area contributed by atoms with E-state index in [-0.39, 0.29) is 5.75 Å². The first-order valence-electron chi connectivity index (χ1n) is 8.03. The van der Waals surface area contributed by atoms with Gasteiger partial charge in [-0.1, -0.05) is 29.8 Å². The Hall–Kier alpha value is -2.49. The van der Waals surface area contributed by atoms with Crippen molar-refractivity contribution in [2.45, 2.75) is 13.8 Å². The third-order valence-electron chi connectivity index (χ3n) is 4.24. The number of aryl methyl sites for hydroxylation is 1. The van der Waals surface area contributed by atoms with Gasteiger partial charge in [-0.25, -0.2) is 0 Å². The van der Waals surface area contributed by atoms with Crippen LogP contribution in [0.2, 0.25) is 0 Å². The first-order valence-corrected chi connectivity index (χ1v) is 8.03. The highest BCUT2D eigenvalue weighted by molar-refractivity contribution is 6.00. The summed E-state index contributed by atoms with van der Waals surface area (Å²) in [6, 6.07) is 16.0. The van der Waals surface area contributed by atoms with Crippen molar-refractivity contribution in [3.05, 3.63) is 59.7 Å². The van der Waals surface area contributed by atoms with E-state index in [1.807, 2.05) is 25.1 Å². The SMILES string of the molecule is CC(=NN1CCN(c2ccc(C)cc2)CC1)c1ccccc1O. The molecule has 0 saturated carbocycles. The lowest BCUT2D eigenvalue weighted by molar-refractivity contribution is 0.270. The highest BCUT2D eigenvalue weighted by Crippen LogP contribution is 2.19. The highest BCUT2D eigenvalue weighted by atomic mass is 16.3. The molecule has 1 saturated heterocycles. The third kappa shape index (κ3) is 3.65. The smallest absolute Gasteiger partial charge is 0.124 e. The van der Waals surface area contributed by atoms with Crippen molar-refractivity contribution in [3.8, 4) is 5.75 Å². The second-order valence-electron chi connectivity index (χ2n) is 5.98. The third-order valence-corrected chi connectivity index (χ3v) is 4.24. The van der Waals surface area contributed by atoms with Crippen molar-refractivity contribution in [2.75, 3.05) is 31.1 Å². The normalized spacial score (nSPS) is 15.8. The average molecular weight is 309 g/mol. The Bertz CT molecular complexity index is 686. The molecule has 0 radical (unpaired) electrons. The van der Waals surface area contributed by atoms with Crippen LogP contribution in [0.4, 0.5) is 5.69 Å². The Labute approximate surface area is 137 Å². The van der Waals surface area contributed by atoms with Gasteiger partial charge in [0.2, 0.25) is 0 Å². The van der Waals surface area contributed by atoms with Crippen LogP contribution in [-0.2, 0) is 0 Å². The lowest BCUT2D eigenvalue weighted by Crippen LogP contribution is -2.44. The van der Waals surface area contributed by atoms with Gasteiger partial charge in [0.15, 0.2) is 0 Å². The number of hydrogen-bond acceptors (Lipinski definition) is 4. The van der Waals surface area contributed by atoms with E-state index < -0.39 is 0 Å². The van der Waals surface area contributed by atoms with Crippen LogP contribution in [0.1, 0.15) is 18.1 Å². The zero-order chi connectivity index (χ0) is 16.2. The number of phenols is 1. The molecule has 1 fully saturated rings. The fourth-order valence-electron chi connectivity index (χ4n) is 2.86. The van der Waals surface area contributed by atoms with Crippen LogP contribution in [-0.4, -0.2) is 42.0 Å². The summed E-state index contributed by atoms with van der Waals surface area (Å²) in [7, 11) is 0. The molecule has 0 atom stereocenters. The van der Waals surface area contributed by atoms with E-state index in [0.29, 0.717) is 0 Å². The number of phenolic OH excluding ortho intramolecular Hbond substituents is 1. The minimum Gasteiger partial charge on any atom is -0.507 e. The molecule has 1 aliphatic heterocycles. The second-order valence-corrected chi connectivity index (χ2v) is 5.98. The lowest BCUT2D eigenvalue weighted by Gasteiger charge is -2.35. The molecule has 0 spiro atoms. The zero-order valence-electron chi connectivity index (χ0n) is 13.7. The summed E-state index contributed by atoms with van der Waals surface area (Å²) >= 11 is 0. The van der Waals surface area contributed by atoms with E-state index in [9.17, 15) is 5.11 Å². The topological polar surface area (TPSA) is 39.1 Å². The minimum absolute atomic E-state index is 0.284. The summed E-state index contributed by atoms with van der Waals surface area (Å²) in [5, 5.41) is 16.7. The van der Waals surface area contributed by atoms with Gasteiger partial charge >= 0.3 is 0 Å². The van der Waals surface area contributed by atoms with Crippen LogP contribution in [0.3, 0.4) is 0 Å². The van der Waals surface area contributed by atoms with Crippen LogP contribution < -0.4 is 4.90 Å². The number of piperazine rings is 1. The molecular weight excluding hydrogens is 286 g/mol. The summed E-state index contributed by atoms with van der Waals surface area (Å²) < 4.78 is 0. The molecule has 3 rings (SSSR count). The van der Waals surface area contributed by atoms with Gasteiger partial charge in [0, 0.05) is 24.3 Å². The number of nitrogens with zero attached hydrogens (tertiary/aromatic N) is 3. The molecule has 1 N–H and O–H groups in total. The number of benzene rings is 2. The Kier molecular flexibility index (Phi) is 4.51. The molecule has 0 bridgehead atoms. The van der Waals surface area contributed by atoms with Crippen LogP contribution in [0, 0.1) is 6.92 Å². The second kappa shape index (κ2) is 6.73. The van der Waals surface area contributed by atoms with E-state index in [1.165, 1.54) is 11.3 Å². The predicted molar refractivity (Wildman–Crippen MR) is 95.3 cm³/mol. The van der Waals surface area contributed by atoms with Gasteiger partial charge in [-0.05, 0) is 38.1 Å². The van der Waals surface area contributed by atoms with Crippen molar-refractivity contribution in [1.29, 1.82) is 0 Å². The molecule has 2 aromatic rings. The van der Waals surface area contributed by atoms with Crippen molar-refractivity contribution >= 4 is 11.4 Å². The summed E-state index contributed by atoms with van der Waals surface area (Å²) in [4.78, 5) is 2.39. The van der Waals surface area contributed by atoms with Crippen LogP contribution in [0.5, 0.6) is 5.75 Å². The van der Waals surface area contributed by atoms with Crippen molar-refractivity contribution in [2.24, 2.45) is 5.10 Å². The number of para-hydroxylation sites is 1. The fraction of sp³-hybridized carbons (Fsp3) is 0.316. The monoisotopic (exact) mass is 309 g/mol. The maximum atomic E-state index is 9.92. The molecule has 4 nitrogen and oxygen atoms in total. The number of rotatable bonds is 3. The van der Waals surface area contributed by atoms with Gasteiger partial charge in [0.25, 0.3) is 0 Å². The first-order chi connectivity index (χ1) is 11.1. The van der Waals surface area contributed by atoms with Crippen LogP contribution >= 0.6 is 0 Å². The first kappa shape index (κ1) is 15.4. The van der Waals surface area contributed by atoms with Crippen LogP contribution in [0.25, 0.3) is 0 Å². The van der Waals surface area contributed by atoms with Crippen LogP contribution in [0.15, 0.2) is 53.6 Å². The van der Waals surface area contributed by atoms with Gasteiger partial charge in [-0.3, -0.25) is 5.01 Å². The van der Waals surface area contributed by atoms with Crippen molar-refractivity contribution in [3.63, 3.8) is 0 Å². The Balaban J connectivity index is 1.64. The molecule has 0 aliphatic carbocycles. The molecule has 0 amide bonds. The van der Waals surface area contributed by atoms with E-state index in [2.05, 4.69) is 46.2 Å². The number of hydrogen-bond donors (Lipinski definition) is 1. The molecule has 0 unspecified atom stereocenters. The maximum Gasteiger partial charge on any atom is 0.124 e. The molecule has 23 heavy (non-hydrogen) atoms. The zero-order valence-corrected chi connectivity index (χ0v) is 13.7. The van der Waals surface area contributed by atoms with Gasteiger partial charge in [-0.2, -0.15) is 5.10 Å². The number of aromatic hydroxyl groups is 1. The van der Waals surface area contributed by atoms with Gasteiger partial charge in [-0.15, -0.1) is 0 Å². The van der Waals surface area contributed by atoms with Crippen molar-refractivity contribution < 1.29 is 5.11 Å². The van der Waals surface area contributed by atoms with Gasteiger partial charge in [0.1, 0.15) is 5.75 Å². The largest absolute Gasteiger partial charge is 0.507 e. The number of hydrazone groups is 1. The summed E-state index contributed by atoms with van der Waals surface area (Å²) in [6.45, 7) is 7.75. The molecular formula is C19H23N3O. The molecule has 2 aromatic carbocycles. The Morgan fingerprint density at radius 2 is 1.61 bits per heavy atom.